The quantitative estimate of drug-likeness (QED) is 0.378. The molecule has 160 valence electrons. The van der Waals surface area contributed by atoms with Crippen molar-refractivity contribution in [1.29, 1.82) is 0 Å². The number of pyridine rings is 1. The van der Waals surface area contributed by atoms with E-state index in [1.54, 1.807) is 13.0 Å². The maximum atomic E-state index is 13.0. The molecule has 11 heteroatoms. The van der Waals surface area contributed by atoms with E-state index in [4.69, 9.17) is 16.3 Å². The molecule has 3 rings (SSSR count). The Balaban J connectivity index is 1.82. The lowest BCUT2D eigenvalue weighted by molar-refractivity contribution is -0.385. The lowest BCUT2D eigenvalue weighted by Crippen LogP contribution is -2.15. The maximum Gasteiger partial charge on any atom is 0.417 e. The Morgan fingerprint density at radius 3 is 2.55 bits per heavy atom. The number of rotatable bonds is 5. The standard InChI is InChI=1S/C20H13ClF3N3O4/c1-11-5-6-12(9-16(11)31-17-8-7-13(10-25-17)27(29)30)26-19(28)14-3-2-4-15(18(14)21)20(22,23)24/h2-10H,1H3,(H,26,28). The highest BCUT2D eigenvalue weighted by Gasteiger charge is 2.34. The van der Waals surface area contributed by atoms with Gasteiger partial charge in [0.15, 0.2) is 0 Å². The van der Waals surface area contributed by atoms with Gasteiger partial charge in [0.2, 0.25) is 5.88 Å². The fraction of sp³-hybridized carbons (Fsp3) is 0.100. The summed E-state index contributed by atoms with van der Waals surface area (Å²) in [5, 5.41) is 12.5. The molecule has 3 aromatic rings. The predicted octanol–water partition coefficient (Wildman–Crippen LogP) is 6.02. The van der Waals surface area contributed by atoms with Crippen molar-refractivity contribution in [1.82, 2.24) is 4.98 Å². The first kappa shape index (κ1) is 22.0. The Morgan fingerprint density at radius 2 is 1.94 bits per heavy atom. The lowest BCUT2D eigenvalue weighted by atomic mass is 10.1. The van der Waals surface area contributed by atoms with Crippen LogP contribution in [0.15, 0.2) is 54.7 Å². The van der Waals surface area contributed by atoms with Crippen molar-refractivity contribution >= 4 is 28.9 Å². The average molecular weight is 452 g/mol. The molecule has 2 aromatic carbocycles. The van der Waals surface area contributed by atoms with Gasteiger partial charge in [0, 0.05) is 23.9 Å². The highest BCUT2D eigenvalue weighted by Crippen LogP contribution is 2.36. The summed E-state index contributed by atoms with van der Waals surface area (Å²) in [7, 11) is 0. The molecule has 0 bridgehead atoms. The first-order chi connectivity index (χ1) is 14.6. The Kier molecular flexibility index (Phi) is 6.11. The molecule has 1 aromatic heterocycles. The van der Waals surface area contributed by atoms with Crippen LogP contribution in [0.25, 0.3) is 0 Å². The van der Waals surface area contributed by atoms with E-state index in [0.29, 0.717) is 5.56 Å². The fourth-order valence-corrected chi connectivity index (χ4v) is 2.88. The van der Waals surface area contributed by atoms with Crippen molar-refractivity contribution in [3.05, 3.63) is 86.6 Å². The molecule has 0 aliphatic rings. The number of carbonyl (C=O) groups is 1. The van der Waals surface area contributed by atoms with Gasteiger partial charge in [-0.05, 0) is 30.7 Å². The number of anilines is 1. The largest absolute Gasteiger partial charge is 0.439 e. The van der Waals surface area contributed by atoms with Crippen molar-refractivity contribution in [3.63, 3.8) is 0 Å². The average Bonchev–Trinajstić information content (AvgIpc) is 2.70. The first-order valence-electron chi connectivity index (χ1n) is 8.62. The van der Waals surface area contributed by atoms with E-state index in [0.717, 1.165) is 18.3 Å². The minimum Gasteiger partial charge on any atom is -0.439 e. The Bertz CT molecular complexity index is 1150. The molecule has 0 unspecified atom stereocenters. The third-order valence-electron chi connectivity index (χ3n) is 4.14. The van der Waals surface area contributed by atoms with E-state index >= 15 is 0 Å². The van der Waals surface area contributed by atoms with E-state index in [1.807, 2.05) is 0 Å². The van der Waals surface area contributed by atoms with E-state index in [9.17, 15) is 28.1 Å². The molecule has 0 aliphatic carbocycles. The van der Waals surface area contributed by atoms with Gasteiger partial charge in [-0.15, -0.1) is 0 Å². The molecule has 0 saturated carbocycles. The summed E-state index contributed by atoms with van der Waals surface area (Å²) >= 11 is 5.79. The summed E-state index contributed by atoms with van der Waals surface area (Å²) in [6.07, 6.45) is -3.66. The molecular formula is C20H13ClF3N3O4. The number of aryl methyl sites for hydroxylation is 1. The van der Waals surface area contributed by atoms with Gasteiger partial charge in [0.25, 0.3) is 11.6 Å². The molecule has 0 fully saturated rings. The third kappa shape index (κ3) is 5.10. The van der Waals surface area contributed by atoms with Crippen LogP contribution in [0.5, 0.6) is 11.6 Å². The zero-order valence-electron chi connectivity index (χ0n) is 15.7. The molecule has 0 saturated heterocycles. The molecule has 1 amide bonds. The van der Waals surface area contributed by atoms with Crippen LogP contribution in [0.1, 0.15) is 21.5 Å². The van der Waals surface area contributed by atoms with Crippen LogP contribution >= 0.6 is 11.6 Å². The number of ether oxygens (including phenoxy) is 1. The van der Waals surface area contributed by atoms with Gasteiger partial charge in [0.1, 0.15) is 11.9 Å². The Labute approximate surface area is 178 Å². The number of aromatic nitrogens is 1. The zero-order valence-corrected chi connectivity index (χ0v) is 16.5. The Hall–Kier alpha value is -3.66. The molecule has 0 atom stereocenters. The van der Waals surface area contributed by atoms with Crippen molar-refractivity contribution in [2.24, 2.45) is 0 Å². The second-order valence-electron chi connectivity index (χ2n) is 6.31. The second-order valence-corrected chi connectivity index (χ2v) is 6.69. The molecule has 0 aliphatic heterocycles. The molecule has 1 heterocycles. The molecule has 7 nitrogen and oxygen atoms in total. The highest BCUT2D eigenvalue weighted by molar-refractivity contribution is 6.35. The van der Waals surface area contributed by atoms with Crippen molar-refractivity contribution < 1.29 is 27.6 Å². The first-order valence-corrected chi connectivity index (χ1v) is 9.00. The lowest BCUT2D eigenvalue weighted by Gasteiger charge is -2.13. The number of benzene rings is 2. The minimum absolute atomic E-state index is 0.0816. The van der Waals surface area contributed by atoms with Crippen molar-refractivity contribution in [2.75, 3.05) is 5.32 Å². The van der Waals surface area contributed by atoms with Crippen LogP contribution in [-0.2, 0) is 6.18 Å². The van der Waals surface area contributed by atoms with Crippen LogP contribution in [-0.4, -0.2) is 15.8 Å². The molecule has 0 spiro atoms. The summed E-state index contributed by atoms with van der Waals surface area (Å²) < 4.78 is 44.6. The van der Waals surface area contributed by atoms with E-state index in [1.165, 1.54) is 30.3 Å². The number of halogens is 4. The van der Waals surface area contributed by atoms with E-state index < -0.39 is 27.6 Å². The van der Waals surface area contributed by atoms with E-state index in [-0.39, 0.29) is 28.6 Å². The van der Waals surface area contributed by atoms with Crippen LogP contribution in [0.4, 0.5) is 24.5 Å². The monoisotopic (exact) mass is 451 g/mol. The number of alkyl halides is 3. The number of carbonyl (C=O) groups excluding carboxylic acids is 1. The SMILES string of the molecule is Cc1ccc(NC(=O)c2cccc(C(F)(F)F)c2Cl)cc1Oc1ccc([N+](=O)[O-])cn1. The number of nitrogens with one attached hydrogen (secondary N) is 1. The van der Waals surface area contributed by atoms with Gasteiger partial charge < -0.3 is 10.1 Å². The van der Waals surface area contributed by atoms with Gasteiger partial charge >= 0.3 is 6.18 Å². The normalized spacial score (nSPS) is 11.1. The minimum atomic E-state index is -4.70. The number of hydrogen-bond acceptors (Lipinski definition) is 5. The van der Waals surface area contributed by atoms with Crippen LogP contribution in [0, 0.1) is 17.0 Å². The van der Waals surface area contributed by atoms with Crippen LogP contribution < -0.4 is 10.1 Å². The topological polar surface area (TPSA) is 94.4 Å². The van der Waals surface area contributed by atoms with Crippen LogP contribution in [0.2, 0.25) is 5.02 Å². The predicted molar refractivity (Wildman–Crippen MR) is 107 cm³/mol. The summed E-state index contributed by atoms with van der Waals surface area (Å²) in [4.78, 5) is 26.4. The van der Waals surface area contributed by atoms with Crippen molar-refractivity contribution in [3.8, 4) is 11.6 Å². The summed E-state index contributed by atoms with van der Waals surface area (Å²) in [5.74, 6) is -0.466. The van der Waals surface area contributed by atoms with Gasteiger partial charge in [-0.2, -0.15) is 13.2 Å². The highest BCUT2D eigenvalue weighted by atomic mass is 35.5. The molecule has 31 heavy (non-hydrogen) atoms. The van der Waals surface area contributed by atoms with Gasteiger partial charge in [0.05, 0.1) is 21.1 Å². The summed E-state index contributed by atoms with van der Waals surface area (Å²) in [5.41, 5.74) is -0.755. The summed E-state index contributed by atoms with van der Waals surface area (Å²) in [6.45, 7) is 1.72. The maximum absolute atomic E-state index is 13.0. The second kappa shape index (κ2) is 8.60. The smallest absolute Gasteiger partial charge is 0.417 e. The zero-order chi connectivity index (χ0) is 22.8. The molecule has 0 radical (unpaired) electrons. The van der Waals surface area contributed by atoms with Gasteiger partial charge in [-0.25, -0.2) is 4.98 Å². The molecule has 1 N–H and O–H groups in total. The van der Waals surface area contributed by atoms with Gasteiger partial charge in [-0.1, -0.05) is 23.7 Å². The number of hydrogen-bond donors (Lipinski definition) is 1. The number of nitro groups is 1. The third-order valence-corrected chi connectivity index (χ3v) is 4.55. The Morgan fingerprint density at radius 1 is 1.19 bits per heavy atom. The van der Waals surface area contributed by atoms with Gasteiger partial charge in [-0.3, -0.25) is 14.9 Å². The van der Waals surface area contributed by atoms with Crippen molar-refractivity contribution in [2.45, 2.75) is 13.1 Å². The number of nitrogens with zero attached hydrogens (tertiary/aromatic N) is 2. The number of amides is 1. The van der Waals surface area contributed by atoms with E-state index in [2.05, 4.69) is 10.3 Å². The van der Waals surface area contributed by atoms with Crippen LogP contribution in [0.3, 0.4) is 0 Å². The summed E-state index contributed by atoms with van der Waals surface area (Å²) in [6, 6.07) is 10.2. The fourth-order valence-electron chi connectivity index (χ4n) is 2.57. The molecular weight excluding hydrogens is 439 g/mol.